The van der Waals surface area contributed by atoms with Gasteiger partial charge in [-0.05, 0) is 25.0 Å². The second-order valence-corrected chi connectivity index (χ2v) is 3.01. The van der Waals surface area contributed by atoms with E-state index in [-0.39, 0.29) is 5.38 Å². The molecule has 0 bridgehead atoms. The van der Waals surface area contributed by atoms with Crippen LogP contribution in [-0.4, -0.2) is 0 Å². The highest BCUT2D eigenvalue weighted by Gasteiger charge is 1.97. The van der Waals surface area contributed by atoms with Gasteiger partial charge in [0.05, 0.1) is 5.38 Å². The maximum Gasteiger partial charge on any atom is 0.0557 e. The highest BCUT2D eigenvalue weighted by Crippen LogP contribution is 2.18. The molecule has 0 aliphatic heterocycles. The van der Waals surface area contributed by atoms with Gasteiger partial charge in [-0.25, -0.2) is 0 Å². The summed E-state index contributed by atoms with van der Waals surface area (Å²) >= 11 is 5.84. The van der Waals surface area contributed by atoms with Crippen molar-refractivity contribution in [3.63, 3.8) is 0 Å². The number of rotatable bonds is 1. The monoisotopic (exact) mass is 153 g/mol. The van der Waals surface area contributed by atoms with Crippen LogP contribution in [0.4, 0.5) is 0 Å². The normalized spacial score (nSPS) is 13.1. The Morgan fingerprint density at radius 1 is 1.30 bits per heavy atom. The third kappa shape index (κ3) is 1.74. The molecule has 0 N–H and O–H groups in total. The fourth-order valence-electron chi connectivity index (χ4n) is 0.783. The van der Waals surface area contributed by atoms with E-state index in [1.54, 1.807) is 0 Å². The molecule has 0 aliphatic rings. The zero-order valence-corrected chi connectivity index (χ0v) is 6.73. The van der Waals surface area contributed by atoms with Crippen molar-refractivity contribution < 1.29 is 0 Å². The Morgan fingerprint density at radius 2 is 1.80 bits per heavy atom. The van der Waals surface area contributed by atoms with Gasteiger partial charge in [0, 0.05) is 0 Å². The molecular weight excluding hydrogens is 144 g/mol. The van der Waals surface area contributed by atoms with E-state index in [2.05, 4.69) is 6.92 Å². The summed E-state index contributed by atoms with van der Waals surface area (Å²) in [6, 6.07) is 7.93. The van der Waals surface area contributed by atoms with Crippen molar-refractivity contribution in [1.82, 2.24) is 0 Å². The second-order valence-electron chi connectivity index (χ2n) is 2.36. The first-order valence-corrected chi connectivity index (χ1v) is 3.70. The third-order valence-corrected chi connectivity index (χ3v) is 1.69. The molecule has 10 heavy (non-hydrogen) atoms. The van der Waals surface area contributed by atoms with Gasteiger partial charge in [-0.3, -0.25) is 0 Å². The number of alkyl halides is 1. The Morgan fingerprint density at radius 3 is 2.20 bits per heavy atom. The van der Waals surface area contributed by atoms with Gasteiger partial charge in [-0.2, -0.15) is 0 Å². The largest absolute Gasteiger partial charge is 0.118 e. The van der Waals surface area contributed by atoms with Crippen molar-refractivity contribution >= 4 is 11.6 Å². The molecule has 0 fully saturated rings. The Labute approximate surface area is 66.8 Å². The number of hydrogen-bond donors (Lipinski definition) is 0. The molecule has 53 valence electrons. The quantitative estimate of drug-likeness (QED) is 0.544. The molecule has 1 heteroatoms. The van der Waals surface area contributed by atoms with E-state index >= 15 is 0 Å². The summed E-state index contributed by atoms with van der Waals surface area (Å²) in [5.41, 5.74) is 2.18. The summed E-state index contributed by atoms with van der Waals surface area (Å²) in [4.78, 5) is 0. The minimum Gasteiger partial charge on any atom is -0.118 e. The van der Waals surface area contributed by atoms with Crippen LogP contribution < -0.4 is 0 Å². The summed E-state index contributed by atoms with van der Waals surface area (Å²) < 4.78 is 0. The fourth-order valence-corrected chi connectivity index (χ4v) is 0.928. The van der Waals surface area contributed by atoms with Crippen LogP contribution in [0.25, 0.3) is 0 Å². The van der Waals surface area contributed by atoms with E-state index < -0.39 is 0 Å². The summed E-state index contributed by atoms with van der Waals surface area (Å²) in [5, 5.41) is 0.0978. The van der Waals surface area contributed by atoms with Gasteiger partial charge in [0.2, 0.25) is 0 Å². The maximum atomic E-state index is 5.84. The molecule has 0 heterocycles. The van der Waals surface area contributed by atoms with Crippen LogP contribution >= 0.6 is 11.6 Å². The lowest BCUT2D eigenvalue weighted by Gasteiger charge is -2.01. The van der Waals surface area contributed by atoms with Gasteiger partial charge in [0.15, 0.2) is 0 Å². The van der Waals surface area contributed by atoms with E-state index in [0.717, 1.165) is 11.1 Å². The van der Waals surface area contributed by atoms with Crippen molar-refractivity contribution in [3.8, 4) is 0 Å². The molecular formula is C9H10Cl. The summed E-state index contributed by atoms with van der Waals surface area (Å²) in [7, 11) is 0. The van der Waals surface area contributed by atoms with Gasteiger partial charge in [-0.1, -0.05) is 24.3 Å². The van der Waals surface area contributed by atoms with E-state index in [9.17, 15) is 0 Å². The fraction of sp³-hybridized carbons (Fsp3) is 0.222. The Kier molecular flexibility index (Phi) is 2.34. The van der Waals surface area contributed by atoms with Crippen molar-refractivity contribution in [1.29, 1.82) is 0 Å². The summed E-state index contributed by atoms with van der Waals surface area (Å²) in [6.45, 7) is 5.74. The van der Waals surface area contributed by atoms with Gasteiger partial charge < -0.3 is 0 Å². The standard InChI is InChI=1S/C9H10Cl/c1-7-3-5-9(6-4-7)8(2)10/h3-6,8H,1H2,2H3. The van der Waals surface area contributed by atoms with Crippen LogP contribution in [-0.2, 0) is 0 Å². The molecule has 1 unspecified atom stereocenters. The van der Waals surface area contributed by atoms with Crippen LogP contribution in [0.2, 0.25) is 0 Å². The third-order valence-electron chi connectivity index (χ3n) is 1.44. The zero-order chi connectivity index (χ0) is 7.56. The minimum atomic E-state index is 0.0978. The average molecular weight is 154 g/mol. The predicted octanol–water partition coefficient (Wildman–Crippen LogP) is 3.17. The lowest BCUT2D eigenvalue weighted by atomic mass is 10.1. The van der Waals surface area contributed by atoms with Crippen LogP contribution in [0.5, 0.6) is 0 Å². The minimum absolute atomic E-state index is 0.0978. The Bertz CT molecular complexity index is 198. The molecule has 1 rings (SSSR count). The molecule has 0 aromatic heterocycles. The topological polar surface area (TPSA) is 0 Å². The molecule has 0 nitrogen and oxygen atoms in total. The van der Waals surface area contributed by atoms with Crippen LogP contribution in [0.3, 0.4) is 0 Å². The smallest absolute Gasteiger partial charge is 0.0557 e. The predicted molar refractivity (Wildman–Crippen MR) is 45.2 cm³/mol. The molecule has 0 spiro atoms. The molecule has 1 aromatic carbocycles. The molecule has 0 saturated heterocycles. The van der Waals surface area contributed by atoms with Gasteiger partial charge in [0.1, 0.15) is 0 Å². The first kappa shape index (κ1) is 7.62. The van der Waals surface area contributed by atoms with E-state index in [1.165, 1.54) is 0 Å². The number of hydrogen-bond acceptors (Lipinski definition) is 0. The second kappa shape index (κ2) is 3.07. The Hall–Kier alpha value is -0.490. The lowest BCUT2D eigenvalue weighted by Crippen LogP contribution is -1.82. The van der Waals surface area contributed by atoms with Crippen LogP contribution in [0.1, 0.15) is 23.4 Å². The lowest BCUT2D eigenvalue weighted by molar-refractivity contribution is 1.08. The van der Waals surface area contributed by atoms with Crippen molar-refractivity contribution in [2.24, 2.45) is 0 Å². The van der Waals surface area contributed by atoms with Crippen molar-refractivity contribution in [3.05, 3.63) is 42.3 Å². The zero-order valence-electron chi connectivity index (χ0n) is 5.97. The maximum absolute atomic E-state index is 5.84. The highest BCUT2D eigenvalue weighted by molar-refractivity contribution is 6.20. The summed E-state index contributed by atoms with van der Waals surface area (Å²) in [6.07, 6.45) is 0. The van der Waals surface area contributed by atoms with E-state index in [4.69, 9.17) is 11.6 Å². The molecule has 1 aromatic rings. The van der Waals surface area contributed by atoms with Gasteiger partial charge >= 0.3 is 0 Å². The van der Waals surface area contributed by atoms with Crippen molar-refractivity contribution in [2.45, 2.75) is 12.3 Å². The molecule has 1 atom stereocenters. The van der Waals surface area contributed by atoms with Gasteiger partial charge in [-0.15, -0.1) is 11.6 Å². The van der Waals surface area contributed by atoms with Gasteiger partial charge in [0.25, 0.3) is 0 Å². The van der Waals surface area contributed by atoms with Crippen molar-refractivity contribution in [2.75, 3.05) is 0 Å². The number of halogens is 1. The first-order valence-electron chi connectivity index (χ1n) is 3.26. The summed E-state index contributed by atoms with van der Waals surface area (Å²) in [5.74, 6) is 0. The highest BCUT2D eigenvalue weighted by atomic mass is 35.5. The molecule has 0 amide bonds. The van der Waals surface area contributed by atoms with Crippen LogP contribution in [0.15, 0.2) is 24.3 Å². The van der Waals surface area contributed by atoms with E-state index in [0.29, 0.717) is 0 Å². The van der Waals surface area contributed by atoms with Crippen LogP contribution in [0, 0.1) is 6.92 Å². The molecule has 0 saturated carbocycles. The van der Waals surface area contributed by atoms with E-state index in [1.807, 2.05) is 31.2 Å². The average Bonchev–Trinajstić information content (AvgIpc) is 1.88. The first-order chi connectivity index (χ1) is 4.70. The molecule has 1 radical (unpaired) electrons. The SMILES string of the molecule is [CH2]c1ccc(C(C)Cl)cc1. The molecule has 0 aliphatic carbocycles. The Balaban J connectivity index is 2.89. The number of benzene rings is 1.